The number of hydrogen-bond donors (Lipinski definition) is 2. The quantitative estimate of drug-likeness (QED) is 0.722. The van der Waals surface area contributed by atoms with Gasteiger partial charge in [-0.2, -0.15) is 20.2 Å². The van der Waals surface area contributed by atoms with E-state index >= 15 is 0 Å². The van der Waals surface area contributed by atoms with E-state index in [-0.39, 0.29) is 0 Å². The summed E-state index contributed by atoms with van der Waals surface area (Å²) in [6, 6.07) is 0. The molecule has 1 fully saturated rings. The Morgan fingerprint density at radius 1 is 1.54 bits per heavy atom. The molecule has 0 aliphatic heterocycles. The molecule has 0 bridgehead atoms. The summed E-state index contributed by atoms with van der Waals surface area (Å²) in [6.07, 6.45) is 5.50. The van der Waals surface area contributed by atoms with Crippen LogP contribution in [0.5, 0.6) is 0 Å². The van der Waals surface area contributed by atoms with E-state index in [1.54, 1.807) is 0 Å². The summed E-state index contributed by atoms with van der Waals surface area (Å²) in [5, 5.41) is 5.54. The summed E-state index contributed by atoms with van der Waals surface area (Å²) in [5.41, 5.74) is 0. The molecule has 0 radical (unpaired) electrons. The molecule has 0 heterocycles. The molecule has 0 aromatic heterocycles. The van der Waals surface area contributed by atoms with Crippen LogP contribution in [0.3, 0.4) is 0 Å². The molecule has 4 nitrogen and oxygen atoms in total. The maximum atomic E-state index is 10.6. The predicted molar refractivity (Wildman–Crippen MR) is 55.8 cm³/mol. The van der Waals surface area contributed by atoms with Gasteiger partial charge in [-0.05, 0) is 31.4 Å². The van der Waals surface area contributed by atoms with Gasteiger partial charge in [-0.3, -0.25) is 0 Å². The van der Waals surface area contributed by atoms with Gasteiger partial charge < -0.3 is 0 Å². The van der Waals surface area contributed by atoms with Crippen LogP contribution in [0.25, 0.3) is 0 Å². The van der Waals surface area contributed by atoms with Crippen molar-refractivity contribution in [2.45, 2.75) is 24.5 Å². The van der Waals surface area contributed by atoms with E-state index in [1.807, 2.05) is 11.8 Å². The first-order chi connectivity index (χ1) is 6.01. The summed E-state index contributed by atoms with van der Waals surface area (Å²) < 4.78 is 23.6. The van der Waals surface area contributed by atoms with Gasteiger partial charge in [-0.15, -0.1) is 0 Å². The minimum atomic E-state index is -3.49. The molecule has 0 spiro atoms. The van der Waals surface area contributed by atoms with Crippen LogP contribution in [0.2, 0.25) is 0 Å². The maximum absolute atomic E-state index is 10.6. The van der Waals surface area contributed by atoms with Gasteiger partial charge in [-0.25, -0.2) is 9.86 Å². The summed E-state index contributed by atoms with van der Waals surface area (Å²) in [4.78, 5) is 0. The van der Waals surface area contributed by atoms with Gasteiger partial charge in [0, 0.05) is 11.8 Å². The minimum Gasteiger partial charge on any atom is -0.216 e. The van der Waals surface area contributed by atoms with Crippen molar-refractivity contribution in [2.75, 3.05) is 12.8 Å². The van der Waals surface area contributed by atoms with Crippen LogP contribution in [0, 0.1) is 5.92 Å². The standard InChI is InChI=1S/C7H16N2O2S2/c1-12-7-3-2-6(4-7)5-9-13(8,10)11/h6-7,9H,2-5H2,1H3,(H2,8,10,11). The summed E-state index contributed by atoms with van der Waals surface area (Å²) in [5.74, 6) is 0.468. The van der Waals surface area contributed by atoms with Gasteiger partial charge in [-0.1, -0.05) is 0 Å². The van der Waals surface area contributed by atoms with Crippen molar-refractivity contribution < 1.29 is 8.42 Å². The van der Waals surface area contributed by atoms with Crippen molar-refractivity contribution in [2.24, 2.45) is 11.1 Å². The molecule has 78 valence electrons. The zero-order valence-electron chi connectivity index (χ0n) is 7.69. The fourth-order valence-corrected chi connectivity index (χ4v) is 2.97. The predicted octanol–water partition coefficient (Wildman–Crippen LogP) is 0.311. The summed E-state index contributed by atoms with van der Waals surface area (Å²) in [6.45, 7) is 0.496. The average Bonchev–Trinajstić information content (AvgIpc) is 2.47. The van der Waals surface area contributed by atoms with Gasteiger partial charge in [0.05, 0.1) is 0 Å². The molecule has 3 N–H and O–H groups in total. The first-order valence-electron chi connectivity index (χ1n) is 4.31. The second-order valence-electron chi connectivity index (χ2n) is 3.43. The molecule has 1 saturated carbocycles. The third-order valence-electron chi connectivity index (χ3n) is 2.40. The van der Waals surface area contributed by atoms with Crippen molar-refractivity contribution >= 4 is 22.0 Å². The maximum Gasteiger partial charge on any atom is 0.274 e. The number of thioether (sulfide) groups is 1. The van der Waals surface area contributed by atoms with Gasteiger partial charge in [0.15, 0.2) is 0 Å². The molecule has 0 saturated heterocycles. The lowest BCUT2D eigenvalue weighted by atomic mass is 10.1. The molecule has 0 amide bonds. The van der Waals surface area contributed by atoms with E-state index < -0.39 is 10.2 Å². The van der Waals surface area contributed by atoms with Gasteiger partial charge in [0.2, 0.25) is 0 Å². The zero-order chi connectivity index (χ0) is 9.90. The van der Waals surface area contributed by atoms with Gasteiger partial charge in [0.25, 0.3) is 10.2 Å². The van der Waals surface area contributed by atoms with Crippen LogP contribution in [0.4, 0.5) is 0 Å². The second-order valence-corrected chi connectivity index (χ2v) is 5.95. The summed E-state index contributed by atoms with van der Waals surface area (Å²) >= 11 is 1.86. The van der Waals surface area contributed by atoms with Crippen LogP contribution in [-0.2, 0) is 10.2 Å². The molecule has 2 atom stereocenters. The van der Waals surface area contributed by atoms with E-state index in [1.165, 1.54) is 6.42 Å². The van der Waals surface area contributed by atoms with E-state index in [4.69, 9.17) is 5.14 Å². The summed E-state index contributed by atoms with van der Waals surface area (Å²) in [7, 11) is -3.49. The molecular formula is C7H16N2O2S2. The lowest BCUT2D eigenvalue weighted by molar-refractivity contribution is 0.521. The minimum absolute atomic E-state index is 0.468. The second kappa shape index (κ2) is 4.63. The van der Waals surface area contributed by atoms with Crippen LogP contribution in [0.15, 0.2) is 0 Å². The highest BCUT2D eigenvalue weighted by atomic mass is 32.2. The molecule has 2 unspecified atom stereocenters. The average molecular weight is 224 g/mol. The monoisotopic (exact) mass is 224 g/mol. The normalized spacial score (nSPS) is 29.4. The third-order valence-corrected chi connectivity index (χ3v) is 4.06. The highest BCUT2D eigenvalue weighted by Gasteiger charge is 2.24. The van der Waals surface area contributed by atoms with Crippen molar-refractivity contribution in [3.05, 3.63) is 0 Å². The van der Waals surface area contributed by atoms with Crippen molar-refractivity contribution in [1.29, 1.82) is 0 Å². The number of rotatable bonds is 4. The first kappa shape index (κ1) is 11.3. The molecule has 6 heteroatoms. The van der Waals surface area contributed by atoms with Crippen molar-refractivity contribution in [3.8, 4) is 0 Å². The largest absolute Gasteiger partial charge is 0.274 e. The van der Waals surface area contributed by atoms with E-state index in [9.17, 15) is 8.42 Å². The molecule has 1 aliphatic carbocycles. The molecule has 0 aromatic rings. The topological polar surface area (TPSA) is 72.2 Å². The van der Waals surface area contributed by atoms with Gasteiger partial charge in [0.1, 0.15) is 0 Å². The highest BCUT2D eigenvalue weighted by molar-refractivity contribution is 7.99. The lowest BCUT2D eigenvalue weighted by Crippen LogP contribution is -2.34. The zero-order valence-corrected chi connectivity index (χ0v) is 9.33. The Hall–Kier alpha value is 0.220. The number of hydrogen-bond acceptors (Lipinski definition) is 3. The molecule has 1 aliphatic rings. The Labute approximate surface area is 83.8 Å². The van der Waals surface area contributed by atoms with E-state index in [0.29, 0.717) is 17.7 Å². The third kappa shape index (κ3) is 4.30. The molecular weight excluding hydrogens is 208 g/mol. The fourth-order valence-electron chi connectivity index (χ4n) is 1.66. The van der Waals surface area contributed by atoms with E-state index in [2.05, 4.69) is 11.0 Å². The van der Waals surface area contributed by atoms with Crippen LogP contribution >= 0.6 is 11.8 Å². The van der Waals surface area contributed by atoms with Crippen molar-refractivity contribution in [1.82, 2.24) is 4.72 Å². The Kier molecular flexibility index (Phi) is 4.03. The van der Waals surface area contributed by atoms with Crippen molar-refractivity contribution in [3.63, 3.8) is 0 Å². The first-order valence-corrected chi connectivity index (χ1v) is 7.15. The fraction of sp³-hybridized carbons (Fsp3) is 1.00. The molecule has 0 aromatic carbocycles. The van der Waals surface area contributed by atoms with E-state index in [0.717, 1.165) is 12.8 Å². The van der Waals surface area contributed by atoms with Crippen LogP contribution in [0.1, 0.15) is 19.3 Å². The smallest absolute Gasteiger partial charge is 0.216 e. The Balaban J connectivity index is 2.25. The van der Waals surface area contributed by atoms with Crippen LogP contribution < -0.4 is 9.86 Å². The Morgan fingerprint density at radius 3 is 2.69 bits per heavy atom. The molecule has 1 rings (SSSR count). The van der Waals surface area contributed by atoms with Gasteiger partial charge >= 0.3 is 0 Å². The Bertz CT molecular complexity index is 253. The SMILES string of the molecule is CSC1CCC(CNS(N)(=O)=O)C1. The highest BCUT2D eigenvalue weighted by Crippen LogP contribution is 2.32. The van der Waals surface area contributed by atoms with Crippen LogP contribution in [-0.4, -0.2) is 26.5 Å². The number of nitrogens with two attached hydrogens (primary N) is 1. The Morgan fingerprint density at radius 2 is 2.23 bits per heavy atom. The molecule has 13 heavy (non-hydrogen) atoms. The lowest BCUT2D eigenvalue weighted by Gasteiger charge is -2.09. The number of nitrogens with one attached hydrogen (secondary N) is 1.